The van der Waals surface area contributed by atoms with E-state index in [1.54, 1.807) is 24.5 Å². The number of rotatable bonds is 5. The Bertz CT molecular complexity index is 697. The van der Waals surface area contributed by atoms with Gasteiger partial charge in [0, 0.05) is 38.1 Å². The molecule has 2 aromatic rings. The van der Waals surface area contributed by atoms with Crippen molar-refractivity contribution in [2.75, 3.05) is 13.2 Å². The molecule has 0 N–H and O–H groups in total. The van der Waals surface area contributed by atoms with Crippen LogP contribution in [0, 0.1) is 5.82 Å². The molecule has 2 aliphatic rings. The van der Waals surface area contributed by atoms with Crippen LogP contribution in [0.25, 0.3) is 0 Å². The number of likely N-dealkylation sites (tertiary alicyclic amines) is 1. The SMILES string of the molecule is Fc1cccc(CN2C[C@@H](OCc3ccncc3)[C@@H]3OCCC[C@@H]32)c1. The van der Waals surface area contributed by atoms with Gasteiger partial charge in [0.15, 0.2) is 0 Å². The van der Waals surface area contributed by atoms with Crippen LogP contribution in [0.4, 0.5) is 4.39 Å². The first-order chi connectivity index (χ1) is 12.3. The monoisotopic (exact) mass is 342 g/mol. The molecule has 0 aliphatic carbocycles. The summed E-state index contributed by atoms with van der Waals surface area (Å²) in [5.41, 5.74) is 2.12. The molecular weight excluding hydrogens is 319 g/mol. The maximum absolute atomic E-state index is 13.5. The number of aromatic nitrogens is 1. The van der Waals surface area contributed by atoms with E-state index in [0.717, 1.165) is 43.7 Å². The number of hydrogen-bond donors (Lipinski definition) is 0. The van der Waals surface area contributed by atoms with Crippen molar-refractivity contribution in [3.63, 3.8) is 0 Å². The van der Waals surface area contributed by atoms with E-state index in [9.17, 15) is 4.39 Å². The van der Waals surface area contributed by atoms with Crippen LogP contribution in [-0.4, -0.2) is 41.3 Å². The maximum atomic E-state index is 13.5. The summed E-state index contributed by atoms with van der Waals surface area (Å²) < 4.78 is 25.7. The molecule has 3 atom stereocenters. The molecule has 1 aromatic carbocycles. The molecule has 0 spiro atoms. The van der Waals surface area contributed by atoms with E-state index in [1.165, 1.54) is 6.07 Å². The highest BCUT2D eigenvalue weighted by atomic mass is 19.1. The first-order valence-electron chi connectivity index (χ1n) is 8.90. The van der Waals surface area contributed by atoms with Crippen molar-refractivity contribution in [3.05, 3.63) is 65.7 Å². The first-order valence-corrected chi connectivity index (χ1v) is 8.90. The Kier molecular flexibility index (Phi) is 5.06. The van der Waals surface area contributed by atoms with Crippen LogP contribution in [0.2, 0.25) is 0 Å². The fourth-order valence-electron chi connectivity index (χ4n) is 3.88. The molecular formula is C20H23FN2O2. The van der Waals surface area contributed by atoms with Crippen LogP contribution < -0.4 is 0 Å². The van der Waals surface area contributed by atoms with Crippen molar-refractivity contribution in [2.24, 2.45) is 0 Å². The molecule has 5 heteroatoms. The Morgan fingerprint density at radius 2 is 2.08 bits per heavy atom. The highest BCUT2D eigenvalue weighted by Gasteiger charge is 2.44. The molecule has 3 heterocycles. The van der Waals surface area contributed by atoms with E-state index in [4.69, 9.17) is 9.47 Å². The summed E-state index contributed by atoms with van der Waals surface area (Å²) in [6, 6.07) is 11.1. The summed E-state index contributed by atoms with van der Waals surface area (Å²) in [4.78, 5) is 6.42. The lowest BCUT2D eigenvalue weighted by Gasteiger charge is -2.32. The lowest BCUT2D eigenvalue weighted by Crippen LogP contribution is -2.41. The predicted octanol–water partition coefficient (Wildman–Crippen LogP) is 3.17. The van der Waals surface area contributed by atoms with Gasteiger partial charge in [0.2, 0.25) is 0 Å². The van der Waals surface area contributed by atoms with E-state index in [0.29, 0.717) is 12.6 Å². The van der Waals surface area contributed by atoms with Gasteiger partial charge in [-0.25, -0.2) is 4.39 Å². The third-order valence-corrected chi connectivity index (χ3v) is 5.07. The summed E-state index contributed by atoms with van der Waals surface area (Å²) in [5.74, 6) is -0.182. The van der Waals surface area contributed by atoms with Gasteiger partial charge in [0.1, 0.15) is 11.9 Å². The van der Waals surface area contributed by atoms with Crippen molar-refractivity contribution >= 4 is 0 Å². The summed E-state index contributed by atoms with van der Waals surface area (Å²) in [5, 5.41) is 0. The number of benzene rings is 1. The Morgan fingerprint density at radius 3 is 2.92 bits per heavy atom. The molecule has 25 heavy (non-hydrogen) atoms. The van der Waals surface area contributed by atoms with E-state index in [1.807, 2.05) is 18.2 Å². The zero-order valence-corrected chi connectivity index (χ0v) is 14.2. The highest BCUT2D eigenvalue weighted by Crippen LogP contribution is 2.32. The van der Waals surface area contributed by atoms with E-state index in [-0.39, 0.29) is 18.0 Å². The molecule has 2 saturated heterocycles. The molecule has 0 radical (unpaired) electrons. The van der Waals surface area contributed by atoms with E-state index >= 15 is 0 Å². The lowest BCUT2D eigenvalue weighted by atomic mass is 10.0. The van der Waals surface area contributed by atoms with Crippen molar-refractivity contribution in [3.8, 4) is 0 Å². The molecule has 0 saturated carbocycles. The van der Waals surface area contributed by atoms with Gasteiger partial charge in [0.05, 0.1) is 12.7 Å². The third-order valence-electron chi connectivity index (χ3n) is 5.07. The molecule has 132 valence electrons. The topological polar surface area (TPSA) is 34.6 Å². The number of ether oxygens (including phenoxy) is 2. The maximum Gasteiger partial charge on any atom is 0.123 e. The first kappa shape index (κ1) is 16.6. The predicted molar refractivity (Wildman–Crippen MR) is 92.4 cm³/mol. The summed E-state index contributed by atoms with van der Waals surface area (Å²) in [7, 11) is 0. The molecule has 1 aromatic heterocycles. The van der Waals surface area contributed by atoms with Gasteiger partial charge >= 0.3 is 0 Å². The van der Waals surface area contributed by atoms with E-state index < -0.39 is 0 Å². The molecule has 2 fully saturated rings. The highest BCUT2D eigenvalue weighted by molar-refractivity contribution is 5.17. The van der Waals surface area contributed by atoms with Gasteiger partial charge in [-0.05, 0) is 48.2 Å². The second-order valence-corrected chi connectivity index (χ2v) is 6.81. The van der Waals surface area contributed by atoms with Crippen molar-refractivity contribution < 1.29 is 13.9 Å². The Balaban J connectivity index is 1.44. The van der Waals surface area contributed by atoms with Gasteiger partial charge in [-0.2, -0.15) is 0 Å². The number of hydrogen-bond acceptors (Lipinski definition) is 4. The second-order valence-electron chi connectivity index (χ2n) is 6.81. The smallest absolute Gasteiger partial charge is 0.123 e. The summed E-state index contributed by atoms with van der Waals surface area (Å²) >= 11 is 0. The summed E-state index contributed by atoms with van der Waals surface area (Å²) in [6.45, 7) is 2.91. The van der Waals surface area contributed by atoms with Gasteiger partial charge in [-0.1, -0.05) is 12.1 Å². The fraction of sp³-hybridized carbons (Fsp3) is 0.450. The largest absolute Gasteiger partial charge is 0.374 e. The van der Waals surface area contributed by atoms with Crippen LogP contribution in [0.1, 0.15) is 24.0 Å². The van der Waals surface area contributed by atoms with Crippen molar-refractivity contribution in [1.29, 1.82) is 0 Å². The fourth-order valence-corrected chi connectivity index (χ4v) is 3.88. The van der Waals surface area contributed by atoms with Crippen molar-refractivity contribution in [2.45, 2.75) is 44.2 Å². The minimum absolute atomic E-state index is 0.0482. The molecule has 4 rings (SSSR count). The average molecular weight is 342 g/mol. The van der Waals surface area contributed by atoms with E-state index in [2.05, 4.69) is 9.88 Å². The molecule has 0 unspecified atom stereocenters. The minimum Gasteiger partial charge on any atom is -0.374 e. The van der Waals surface area contributed by atoms with Crippen LogP contribution in [0.15, 0.2) is 48.8 Å². The number of fused-ring (bicyclic) bond motifs is 1. The van der Waals surface area contributed by atoms with Gasteiger partial charge < -0.3 is 9.47 Å². The van der Waals surface area contributed by atoms with Crippen LogP contribution in [-0.2, 0) is 22.6 Å². The number of nitrogens with zero attached hydrogens (tertiary/aromatic N) is 2. The molecule has 4 nitrogen and oxygen atoms in total. The van der Waals surface area contributed by atoms with Gasteiger partial charge in [0.25, 0.3) is 0 Å². The molecule has 0 bridgehead atoms. The van der Waals surface area contributed by atoms with Gasteiger partial charge in [-0.3, -0.25) is 9.88 Å². The number of halogens is 1. The normalized spacial score (nSPS) is 26.5. The zero-order chi connectivity index (χ0) is 17.1. The zero-order valence-electron chi connectivity index (χ0n) is 14.2. The van der Waals surface area contributed by atoms with Gasteiger partial charge in [-0.15, -0.1) is 0 Å². The van der Waals surface area contributed by atoms with Crippen LogP contribution in [0.3, 0.4) is 0 Å². The summed E-state index contributed by atoms with van der Waals surface area (Å²) in [6.07, 6.45) is 5.89. The standard InChI is InChI=1S/C20H23FN2O2/c21-17-4-1-3-16(11-17)12-23-13-19(20-18(23)5-2-10-24-20)25-14-15-6-8-22-9-7-15/h1,3-4,6-9,11,18-20H,2,5,10,12-14H2/t18-,19+,20+/m0/s1. The molecule has 2 aliphatic heterocycles. The lowest BCUT2D eigenvalue weighted by molar-refractivity contribution is -0.0819. The van der Waals surface area contributed by atoms with Crippen LogP contribution in [0.5, 0.6) is 0 Å². The third kappa shape index (κ3) is 3.89. The van der Waals surface area contributed by atoms with Crippen molar-refractivity contribution in [1.82, 2.24) is 9.88 Å². The minimum atomic E-state index is -0.182. The Morgan fingerprint density at radius 1 is 1.20 bits per heavy atom. The Hall–Kier alpha value is -1.82. The second kappa shape index (κ2) is 7.60. The molecule has 0 amide bonds. The Labute approximate surface area is 147 Å². The quantitative estimate of drug-likeness (QED) is 0.836. The average Bonchev–Trinajstić information content (AvgIpc) is 2.99. The number of pyridine rings is 1. The van der Waals surface area contributed by atoms with Crippen LogP contribution >= 0.6 is 0 Å².